The van der Waals surface area contributed by atoms with Gasteiger partial charge in [0, 0.05) is 5.56 Å². The number of hydrogen-bond acceptors (Lipinski definition) is 4. The zero-order chi connectivity index (χ0) is 22.0. The zero-order valence-electron chi connectivity index (χ0n) is 16.3. The lowest BCUT2D eigenvalue weighted by Gasteiger charge is -2.07. The van der Waals surface area contributed by atoms with Crippen LogP contribution in [0.2, 0.25) is 0 Å². The molecule has 0 aliphatic carbocycles. The lowest BCUT2D eigenvalue weighted by atomic mass is 10.0. The molecule has 1 amide bonds. The highest BCUT2D eigenvalue weighted by molar-refractivity contribution is 6.16. The van der Waals surface area contributed by atoms with Crippen LogP contribution < -0.4 is 16.2 Å². The van der Waals surface area contributed by atoms with E-state index in [9.17, 15) is 14.0 Å². The van der Waals surface area contributed by atoms with Gasteiger partial charge in [0.25, 0.3) is 5.91 Å². The summed E-state index contributed by atoms with van der Waals surface area (Å²) in [6, 6.07) is 21.4. The molecule has 0 radical (unpaired) electrons. The van der Waals surface area contributed by atoms with Gasteiger partial charge in [-0.2, -0.15) is 0 Å². The van der Waals surface area contributed by atoms with Crippen LogP contribution in [0.1, 0.15) is 26.4 Å². The molecular formula is C24H18FN3O3. The van der Waals surface area contributed by atoms with Gasteiger partial charge in [0.2, 0.25) is 5.78 Å². The Morgan fingerprint density at radius 2 is 1.55 bits per heavy atom. The van der Waals surface area contributed by atoms with Gasteiger partial charge in [-0.3, -0.25) is 9.59 Å². The van der Waals surface area contributed by atoms with Crippen molar-refractivity contribution in [3.05, 3.63) is 102 Å². The van der Waals surface area contributed by atoms with E-state index in [0.717, 1.165) is 6.07 Å². The molecule has 0 spiro atoms. The molecular weight excluding hydrogens is 397 g/mol. The molecule has 3 aromatic carbocycles. The van der Waals surface area contributed by atoms with E-state index in [1.807, 2.05) is 30.3 Å². The average molecular weight is 415 g/mol. The summed E-state index contributed by atoms with van der Waals surface area (Å²) in [5, 5.41) is 0. The Kier molecular flexibility index (Phi) is 5.24. The molecule has 0 saturated heterocycles. The standard InChI is InChI=1S/C24H18FN3O3/c25-16-6-4-5-15(13-16)23(29)22-20(26)19(24(27)30)21(28-22)14-9-11-18(12-10-14)31-17-7-2-1-3-8-17/h1-13,28H,26H2,(H2,27,30). The first-order chi connectivity index (χ1) is 14.9. The molecule has 4 aromatic rings. The van der Waals surface area contributed by atoms with Crippen LogP contribution >= 0.6 is 0 Å². The molecule has 154 valence electrons. The molecule has 31 heavy (non-hydrogen) atoms. The van der Waals surface area contributed by atoms with E-state index in [1.54, 1.807) is 24.3 Å². The lowest BCUT2D eigenvalue weighted by Crippen LogP contribution is -2.14. The number of hydrogen-bond donors (Lipinski definition) is 3. The van der Waals surface area contributed by atoms with Gasteiger partial charge in [-0.1, -0.05) is 30.3 Å². The number of primary amides is 1. The Morgan fingerprint density at radius 3 is 2.19 bits per heavy atom. The Bertz CT molecular complexity index is 1270. The van der Waals surface area contributed by atoms with Crippen molar-refractivity contribution in [2.45, 2.75) is 0 Å². The van der Waals surface area contributed by atoms with Gasteiger partial charge in [0.15, 0.2) is 0 Å². The summed E-state index contributed by atoms with van der Waals surface area (Å²) < 4.78 is 19.3. The van der Waals surface area contributed by atoms with Crippen molar-refractivity contribution >= 4 is 17.4 Å². The lowest BCUT2D eigenvalue weighted by molar-refractivity contribution is 0.100. The van der Waals surface area contributed by atoms with Crippen LogP contribution in [0.3, 0.4) is 0 Å². The number of nitrogens with one attached hydrogen (secondary N) is 1. The fourth-order valence-corrected chi connectivity index (χ4v) is 3.25. The predicted molar refractivity (Wildman–Crippen MR) is 116 cm³/mol. The number of rotatable bonds is 6. The average Bonchev–Trinajstić information content (AvgIpc) is 3.12. The van der Waals surface area contributed by atoms with Crippen molar-refractivity contribution in [3.8, 4) is 22.8 Å². The van der Waals surface area contributed by atoms with Gasteiger partial charge in [0.1, 0.15) is 23.0 Å². The molecule has 0 aliphatic heterocycles. The number of anilines is 1. The summed E-state index contributed by atoms with van der Waals surface area (Å²) >= 11 is 0. The molecule has 1 heterocycles. The summed E-state index contributed by atoms with van der Waals surface area (Å²) in [5.74, 6) is -0.618. The number of carbonyl (C=O) groups is 2. The van der Waals surface area contributed by atoms with Crippen LogP contribution in [0.4, 0.5) is 10.1 Å². The van der Waals surface area contributed by atoms with E-state index in [0.29, 0.717) is 22.8 Å². The summed E-state index contributed by atoms with van der Waals surface area (Å²) in [6.45, 7) is 0. The van der Waals surface area contributed by atoms with Crippen LogP contribution in [0.5, 0.6) is 11.5 Å². The predicted octanol–water partition coefficient (Wildman–Crippen LogP) is 4.53. The van der Waals surface area contributed by atoms with E-state index in [-0.39, 0.29) is 22.5 Å². The Morgan fingerprint density at radius 1 is 0.871 bits per heavy atom. The van der Waals surface area contributed by atoms with E-state index in [1.165, 1.54) is 18.2 Å². The molecule has 0 unspecified atom stereocenters. The first kappa shape index (κ1) is 19.9. The first-order valence-corrected chi connectivity index (χ1v) is 9.39. The second-order valence-electron chi connectivity index (χ2n) is 6.81. The normalized spacial score (nSPS) is 10.6. The van der Waals surface area contributed by atoms with E-state index >= 15 is 0 Å². The summed E-state index contributed by atoms with van der Waals surface area (Å²) in [6.07, 6.45) is 0. The number of ketones is 1. The van der Waals surface area contributed by atoms with Gasteiger partial charge >= 0.3 is 0 Å². The van der Waals surface area contributed by atoms with Crippen LogP contribution in [0.25, 0.3) is 11.3 Å². The fourth-order valence-electron chi connectivity index (χ4n) is 3.25. The van der Waals surface area contributed by atoms with Gasteiger partial charge in [0.05, 0.1) is 16.9 Å². The van der Waals surface area contributed by atoms with Crippen LogP contribution in [0.15, 0.2) is 78.9 Å². The first-order valence-electron chi connectivity index (χ1n) is 9.39. The zero-order valence-corrected chi connectivity index (χ0v) is 16.3. The number of H-pyrrole nitrogens is 1. The maximum Gasteiger partial charge on any atom is 0.253 e. The number of nitrogens with two attached hydrogens (primary N) is 2. The van der Waals surface area contributed by atoms with Crippen LogP contribution in [-0.4, -0.2) is 16.7 Å². The number of benzene rings is 3. The number of amides is 1. The molecule has 0 bridgehead atoms. The summed E-state index contributed by atoms with van der Waals surface area (Å²) in [4.78, 5) is 27.8. The quantitative estimate of drug-likeness (QED) is 0.402. The van der Waals surface area contributed by atoms with Crippen molar-refractivity contribution in [2.75, 3.05) is 5.73 Å². The van der Waals surface area contributed by atoms with Crippen molar-refractivity contribution in [1.29, 1.82) is 0 Å². The van der Waals surface area contributed by atoms with Gasteiger partial charge < -0.3 is 21.2 Å². The van der Waals surface area contributed by atoms with Crippen LogP contribution in [0, 0.1) is 5.82 Å². The smallest absolute Gasteiger partial charge is 0.253 e. The topological polar surface area (TPSA) is 111 Å². The van der Waals surface area contributed by atoms with E-state index in [4.69, 9.17) is 16.2 Å². The molecule has 7 heteroatoms. The third-order valence-corrected chi connectivity index (χ3v) is 4.72. The van der Waals surface area contributed by atoms with Crippen molar-refractivity contribution in [1.82, 2.24) is 4.98 Å². The molecule has 0 atom stereocenters. The van der Waals surface area contributed by atoms with E-state index < -0.39 is 17.5 Å². The number of aromatic amines is 1. The highest BCUT2D eigenvalue weighted by atomic mass is 19.1. The SMILES string of the molecule is NC(=O)c1c(-c2ccc(Oc3ccccc3)cc2)[nH]c(C(=O)c2cccc(F)c2)c1N. The molecule has 4 rings (SSSR count). The Hall–Kier alpha value is -4.39. The maximum atomic E-state index is 13.5. The largest absolute Gasteiger partial charge is 0.457 e. The number of nitrogen functional groups attached to an aromatic ring is 1. The number of halogens is 1. The molecule has 0 saturated carbocycles. The molecule has 5 N–H and O–H groups in total. The van der Waals surface area contributed by atoms with Crippen molar-refractivity contribution in [2.24, 2.45) is 5.73 Å². The third kappa shape index (κ3) is 4.02. The highest BCUT2D eigenvalue weighted by Gasteiger charge is 2.25. The van der Waals surface area contributed by atoms with Gasteiger partial charge in [-0.15, -0.1) is 0 Å². The van der Waals surface area contributed by atoms with E-state index in [2.05, 4.69) is 4.98 Å². The minimum Gasteiger partial charge on any atom is -0.457 e. The van der Waals surface area contributed by atoms with Crippen LogP contribution in [-0.2, 0) is 0 Å². The second kappa shape index (κ2) is 8.16. The molecule has 1 aromatic heterocycles. The van der Waals surface area contributed by atoms with Gasteiger partial charge in [-0.25, -0.2) is 4.39 Å². The molecule has 0 fully saturated rings. The summed E-state index contributed by atoms with van der Waals surface area (Å²) in [5.41, 5.74) is 12.5. The van der Waals surface area contributed by atoms with Crippen molar-refractivity contribution < 1.29 is 18.7 Å². The number of carbonyl (C=O) groups excluding carboxylic acids is 2. The molecule has 6 nitrogen and oxygen atoms in total. The number of para-hydroxylation sites is 1. The number of ether oxygens (including phenoxy) is 1. The Balaban J connectivity index is 1.70. The monoisotopic (exact) mass is 415 g/mol. The minimum absolute atomic E-state index is 0.00326. The fraction of sp³-hybridized carbons (Fsp3) is 0. The van der Waals surface area contributed by atoms with Gasteiger partial charge in [-0.05, 0) is 54.1 Å². The third-order valence-electron chi connectivity index (χ3n) is 4.72. The highest BCUT2D eigenvalue weighted by Crippen LogP contribution is 2.33. The molecule has 0 aliphatic rings. The maximum absolute atomic E-state index is 13.5. The second-order valence-corrected chi connectivity index (χ2v) is 6.81. The summed E-state index contributed by atoms with van der Waals surface area (Å²) in [7, 11) is 0. The minimum atomic E-state index is -0.786. The Labute approximate surface area is 177 Å². The number of aromatic nitrogens is 1. The van der Waals surface area contributed by atoms with Crippen molar-refractivity contribution in [3.63, 3.8) is 0 Å².